The summed E-state index contributed by atoms with van der Waals surface area (Å²) in [5, 5.41) is 8.86. The minimum atomic E-state index is -1.31. The highest BCUT2D eigenvalue weighted by Crippen LogP contribution is 2.43. The summed E-state index contributed by atoms with van der Waals surface area (Å²) in [6, 6.07) is 14.5. The number of aliphatic imine (C=N–C) groups is 1. The summed E-state index contributed by atoms with van der Waals surface area (Å²) in [5.41, 5.74) is 5.93. The zero-order chi connectivity index (χ0) is 21.6. The van der Waals surface area contributed by atoms with Gasteiger partial charge in [-0.05, 0) is 42.0 Å². The van der Waals surface area contributed by atoms with Gasteiger partial charge in [-0.25, -0.2) is 4.99 Å². The zero-order valence-electron chi connectivity index (χ0n) is 16.9. The summed E-state index contributed by atoms with van der Waals surface area (Å²) in [5.74, 6) is 1.05. The van der Waals surface area contributed by atoms with Crippen molar-refractivity contribution in [2.75, 3.05) is 20.3 Å². The molecule has 3 N–H and O–H groups in total. The van der Waals surface area contributed by atoms with Crippen LogP contribution in [0, 0.1) is 0 Å². The van der Waals surface area contributed by atoms with Crippen molar-refractivity contribution in [2.24, 2.45) is 10.7 Å². The van der Waals surface area contributed by atoms with Crippen LogP contribution in [-0.2, 0) is 9.53 Å². The maximum Gasteiger partial charge on any atom is 0.250 e. The molecule has 30 heavy (non-hydrogen) atoms. The van der Waals surface area contributed by atoms with Crippen molar-refractivity contribution in [3.05, 3.63) is 72.3 Å². The van der Waals surface area contributed by atoms with E-state index in [-0.39, 0.29) is 13.0 Å². The van der Waals surface area contributed by atoms with Crippen molar-refractivity contribution < 1.29 is 24.1 Å². The Bertz CT molecular complexity index is 925. The molecular formula is C23H26N2O5. The number of benzene rings is 2. The smallest absolute Gasteiger partial charge is 0.250 e. The van der Waals surface area contributed by atoms with Crippen LogP contribution in [0.2, 0.25) is 0 Å². The third-order valence-electron chi connectivity index (χ3n) is 4.92. The first-order chi connectivity index (χ1) is 14.5. The van der Waals surface area contributed by atoms with E-state index in [2.05, 4.69) is 11.6 Å². The van der Waals surface area contributed by atoms with Gasteiger partial charge in [0.2, 0.25) is 11.8 Å². The number of ether oxygens (including phenoxy) is 3. The van der Waals surface area contributed by atoms with Crippen molar-refractivity contribution >= 4 is 11.8 Å². The number of primary amides is 1. The van der Waals surface area contributed by atoms with Gasteiger partial charge in [0.05, 0.1) is 13.7 Å². The summed E-state index contributed by atoms with van der Waals surface area (Å²) in [4.78, 5) is 17.2. The summed E-state index contributed by atoms with van der Waals surface area (Å²) in [6.45, 7) is 4.27. The second-order valence-corrected chi connectivity index (χ2v) is 6.92. The molecule has 1 aliphatic heterocycles. The summed E-state index contributed by atoms with van der Waals surface area (Å²) < 4.78 is 17.0. The summed E-state index contributed by atoms with van der Waals surface area (Å²) in [6.07, 6.45) is 1.70. The Hall–Kier alpha value is -3.32. The van der Waals surface area contributed by atoms with E-state index in [0.717, 1.165) is 5.56 Å². The van der Waals surface area contributed by atoms with Crippen molar-refractivity contribution in [2.45, 2.75) is 24.5 Å². The lowest BCUT2D eigenvalue weighted by molar-refractivity contribution is -0.125. The molecule has 1 amide bonds. The lowest BCUT2D eigenvalue weighted by atomic mass is 9.84. The summed E-state index contributed by atoms with van der Waals surface area (Å²) >= 11 is 0. The standard InChI is InChI=1S/C23H26N2O5/c1-3-12-23(22(24)27)20(17-6-4-7-19(15-17)28-2)30-21(25-23)16-8-10-18(11-9-16)29-14-5-13-26/h3-4,6-11,15,20,26H,1,5,12-14H2,2H3,(H2,24,27)/t20-,23-/m1/s1. The van der Waals surface area contributed by atoms with Gasteiger partial charge in [0, 0.05) is 25.0 Å². The molecule has 7 nitrogen and oxygen atoms in total. The van der Waals surface area contributed by atoms with E-state index in [1.54, 1.807) is 37.5 Å². The minimum absolute atomic E-state index is 0.0763. The number of aliphatic hydroxyl groups is 1. The van der Waals surface area contributed by atoms with E-state index in [0.29, 0.717) is 36.0 Å². The van der Waals surface area contributed by atoms with Gasteiger partial charge >= 0.3 is 0 Å². The molecule has 3 rings (SSSR count). The van der Waals surface area contributed by atoms with Gasteiger partial charge in [0.15, 0.2) is 11.6 Å². The topological polar surface area (TPSA) is 103 Å². The molecule has 0 saturated heterocycles. The van der Waals surface area contributed by atoms with E-state index >= 15 is 0 Å². The van der Waals surface area contributed by atoms with Crippen molar-refractivity contribution in [3.63, 3.8) is 0 Å². The van der Waals surface area contributed by atoms with Crippen LogP contribution in [-0.4, -0.2) is 42.8 Å². The Morgan fingerprint density at radius 1 is 1.30 bits per heavy atom. The monoisotopic (exact) mass is 410 g/mol. The van der Waals surface area contributed by atoms with Crippen LogP contribution in [0.1, 0.15) is 30.1 Å². The summed E-state index contributed by atoms with van der Waals surface area (Å²) in [7, 11) is 1.58. The van der Waals surface area contributed by atoms with Gasteiger partial charge in [0.1, 0.15) is 11.5 Å². The minimum Gasteiger partial charge on any atom is -0.497 e. The van der Waals surface area contributed by atoms with E-state index < -0.39 is 17.6 Å². The van der Waals surface area contributed by atoms with Gasteiger partial charge < -0.3 is 25.1 Å². The highest BCUT2D eigenvalue weighted by atomic mass is 16.5. The van der Waals surface area contributed by atoms with Crippen LogP contribution < -0.4 is 15.2 Å². The molecule has 158 valence electrons. The van der Waals surface area contributed by atoms with Gasteiger partial charge in [-0.2, -0.15) is 0 Å². The average molecular weight is 410 g/mol. The first-order valence-electron chi connectivity index (χ1n) is 9.69. The Labute approximate surface area is 175 Å². The number of carbonyl (C=O) groups is 1. The fourth-order valence-electron chi connectivity index (χ4n) is 3.36. The second-order valence-electron chi connectivity index (χ2n) is 6.92. The first kappa shape index (κ1) is 21.4. The number of methoxy groups -OCH3 is 1. The predicted octanol–water partition coefficient (Wildman–Crippen LogP) is 2.77. The molecule has 1 aliphatic rings. The molecule has 0 radical (unpaired) electrons. The molecule has 0 spiro atoms. The third-order valence-corrected chi connectivity index (χ3v) is 4.92. The third kappa shape index (κ3) is 4.31. The number of nitrogens with two attached hydrogens (primary N) is 1. The molecule has 0 fully saturated rings. The number of carbonyl (C=O) groups excluding carboxylic acids is 1. The Morgan fingerprint density at radius 2 is 2.07 bits per heavy atom. The molecular weight excluding hydrogens is 384 g/mol. The fourth-order valence-corrected chi connectivity index (χ4v) is 3.36. The number of hydrogen-bond acceptors (Lipinski definition) is 6. The van der Waals surface area contributed by atoms with Crippen molar-refractivity contribution in [3.8, 4) is 11.5 Å². The Balaban J connectivity index is 1.94. The molecule has 0 unspecified atom stereocenters. The number of nitrogens with zero attached hydrogens (tertiary/aromatic N) is 1. The van der Waals surface area contributed by atoms with Crippen LogP contribution in [0.5, 0.6) is 11.5 Å². The molecule has 7 heteroatoms. The highest BCUT2D eigenvalue weighted by molar-refractivity contribution is 6.00. The lowest BCUT2D eigenvalue weighted by Gasteiger charge is -2.27. The first-order valence-corrected chi connectivity index (χ1v) is 9.69. The molecule has 2 atom stereocenters. The average Bonchev–Trinajstić information content (AvgIpc) is 3.15. The SMILES string of the molecule is C=CC[C@@]1(C(N)=O)N=C(c2ccc(OCCCO)cc2)O[C@@H]1c1cccc(OC)c1. The molecule has 0 bridgehead atoms. The number of amides is 1. The van der Waals surface area contributed by atoms with Gasteiger partial charge in [0.25, 0.3) is 0 Å². The van der Waals surface area contributed by atoms with Gasteiger partial charge in [-0.15, -0.1) is 6.58 Å². The fraction of sp³-hybridized carbons (Fsp3) is 0.304. The lowest BCUT2D eigenvalue weighted by Crippen LogP contribution is -2.45. The van der Waals surface area contributed by atoms with Crippen LogP contribution in [0.15, 0.2) is 66.2 Å². The number of hydrogen-bond donors (Lipinski definition) is 2. The van der Waals surface area contributed by atoms with Gasteiger partial charge in [-0.3, -0.25) is 4.79 Å². The predicted molar refractivity (Wildman–Crippen MR) is 114 cm³/mol. The van der Waals surface area contributed by atoms with Gasteiger partial charge in [-0.1, -0.05) is 18.2 Å². The molecule has 0 aromatic heterocycles. The van der Waals surface area contributed by atoms with Crippen LogP contribution in [0.25, 0.3) is 0 Å². The maximum atomic E-state index is 12.5. The zero-order valence-corrected chi connectivity index (χ0v) is 16.9. The van der Waals surface area contributed by atoms with Crippen LogP contribution in [0.3, 0.4) is 0 Å². The molecule has 0 aliphatic carbocycles. The Kier molecular flexibility index (Phi) is 6.74. The van der Waals surface area contributed by atoms with Crippen molar-refractivity contribution in [1.82, 2.24) is 0 Å². The van der Waals surface area contributed by atoms with E-state index in [4.69, 9.17) is 25.1 Å². The van der Waals surface area contributed by atoms with E-state index in [9.17, 15) is 4.79 Å². The van der Waals surface area contributed by atoms with E-state index in [1.807, 2.05) is 24.3 Å². The largest absolute Gasteiger partial charge is 0.497 e. The Morgan fingerprint density at radius 3 is 2.70 bits per heavy atom. The van der Waals surface area contributed by atoms with E-state index in [1.165, 1.54) is 0 Å². The quantitative estimate of drug-likeness (QED) is 0.463. The maximum absolute atomic E-state index is 12.5. The van der Waals surface area contributed by atoms with Crippen LogP contribution in [0.4, 0.5) is 0 Å². The van der Waals surface area contributed by atoms with Crippen molar-refractivity contribution in [1.29, 1.82) is 0 Å². The highest BCUT2D eigenvalue weighted by Gasteiger charge is 2.51. The molecule has 2 aromatic carbocycles. The second kappa shape index (κ2) is 9.45. The normalized spacial score (nSPS) is 20.2. The number of rotatable bonds is 10. The molecule has 1 heterocycles. The molecule has 0 saturated carbocycles. The molecule has 2 aromatic rings. The number of aliphatic hydroxyl groups excluding tert-OH is 1. The van der Waals surface area contributed by atoms with Crippen LogP contribution >= 0.6 is 0 Å².